The van der Waals surface area contributed by atoms with Crippen LogP contribution in [-0.2, 0) is 23.0 Å². The number of aromatic amines is 1. The Hall–Kier alpha value is -1.73. The fourth-order valence-corrected chi connectivity index (χ4v) is 4.35. The number of H-pyrrole nitrogens is 1. The van der Waals surface area contributed by atoms with Crippen molar-refractivity contribution >= 4 is 10.0 Å². The van der Waals surface area contributed by atoms with Gasteiger partial charge in [-0.3, -0.25) is 10.1 Å². The first-order valence-corrected chi connectivity index (χ1v) is 7.88. The van der Waals surface area contributed by atoms with Gasteiger partial charge in [-0.05, 0) is 25.5 Å². The molecule has 106 valence electrons. The highest BCUT2D eigenvalue weighted by Crippen LogP contribution is 2.26. The fourth-order valence-electron chi connectivity index (χ4n) is 2.60. The van der Waals surface area contributed by atoms with E-state index < -0.39 is 10.0 Å². The molecule has 0 aromatic carbocycles. The van der Waals surface area contributed by atoms with Gasteiger partial charge in [0.05, 0.1) is 11.4 Å². The van der Waals surface area contributed by atoms with Crippen molar-refractivity contribution in [2.24, 2.45) is 0 Å². The van der Waals surface area contributed by atoms with Crippen molar-refractivity contribution < 1.29 is 8.42 Å². The zero-order valence-corrected chi connectivity index (χ0v) is 12.2. The SMILES string of the molecule is Cc1n[nH]c(C)c1S(=O)(=O)N1CCc2ncccc2C1. The molecule has 1 aliphatic heterocycles. The van der Waals surface area contributed by atoms with Crippen LogP contribution in [0.4, 0.5) is 0 Å². The normalized spacial score (nSPS) is 16.1. The summed E-state index contributed by atoms with van der Waals surface area (Å²) in [7, 11) is -3.51. The van der Waals surface area contributed by atoms with E-state index in [1.54, 1.807) is 20.0 Å². The summed E-state index contributed by atoms with van der Waals surface area (Å²) in [6.07, 6.45) is 2.39. The molecule has 0 fully saturated rings. The number of nitrogens with zero attached hydrogens (tertiary/aromatic N) is 3. The lowest BCUT2D eigenvalue weighted by Gasteiger charge is -2.27. The van der Waals surface area contributed by atoms with E-state index in [-0.39, 0.29) is 0 Å². The summed E-state index contributed by atoms with van der Waals surface area (Å²) < 4.78 is 27.0. The van der Waals surface area contributed by atoms with Gasteiger partial charge in [0.15, 0.2) is 0 Å². The summed E-state index contributed by atoms with van der Waals surface area (Å²) in [4.78, 5) is 4.59. The van der Waals surface area contributed by atoms with Gasteiger partial charge < -0.3 is 0 Å². The Morgan fingerprint density at radius 1 is 1.35 bits per heavy atom. The van der Waals surface area contributed by atoms with Gasteiger partial charge in [-0.2, -0.15) is 9.40 Å². The third-order valence-electron chi connectivity index (χ3n) is 3.59. The average Bonchev–Trinajstić information content (AvgIpc) is 2.78. The largest absolute Gasteiger partial charge is 0.281 e. The quantitative estimate of drug-likeness (QED) is 0.901. The molecule has 0 saturated carbocycles. The van der Waals surface area contributed by atoms with Gasteiger partial charge in [0.1, 0.15) is 4.90 Å². The monoisotopic (exact) mass is 292 g/mol. The Bertz CT molecular complexity index is 732. The van der Waals surface area contributed by atoms with Gasteiger partial charge >= 0.3 is 0 Å². The van der Waals surface area contributed by atoms with Crippen molar-refractivity contribution in [1.82, 2.24) is 19.5 Å². The Morgan fingerprint density at radius 2 is 2.15 bits per heavy atom. The minimum Gasteiger partial charge on any atom is -0.281 e. The number of fused-ring (bicyclic) bond motifs is 1. The van der Waals surface area contributed by atoms with Gasteiger partial charge in [0.2, 0.25) is 10.0 Å². The number of nitrogens with one attached hydrogen (secondary N) is 1. The van der Waals surface area contributed by atoms with Crippen molar-refractivity contribution in [2.75, 3.05) is 6.54 Å². The number of rotatable bonds is 2. The van der Waals surface area contributed by atoms with E-state index in [1.165, 1.54) is 4.31 Å². The fraction of sp³-hybridized carbons (Fsp3) is 0.385. The van der Waals surface area contributed by atoms with Gasteiger partial charge in [-0.1, -0.05) is 6.07 Å². The molecule has 0 unspecified atom stereocenters. The van der Waals surface area contributed by atoms with Crippen LogP contribution in [0.1, 0.15) is 22.6 Å². The molecular weight excluding hydrogens is 276 g/mol. The molecule has 3 rings (SSSR count). The van der Waals surface area contributed by atoms with Crippen LogP contribution in [-0.4, -0.2) is 34.4 Å². The Kier molecular flexibility index (Phi) is 3.10. The van der Waals surface area contributed by atoms with E-state index in [2.05, 4.69) is 15.2 Å². The van der Waals surface area contributed by atoms with Crippen LogP contribution in [0.5, 0.6) is 0 Å². The Balaban J connectivity index is 1.99. The molecule has 0 amide bonds. The summed E-state index contributed by atoms with van der Waals surface area (Å²) in [5, 5.41) is 6.71. The second kappa shape index (κ2) is 4.68. The van der Waals surface area contributed by atoms with Gasteiger partial charge in [-0.25, -0.2) is 8.42 Å². The number of sulfonamides is 1. The highest BCUT2D eigenvalue weighted by Gasteiger charge is 2.32. The first-order valence-electron chi connectivity index (χ1n) is 6.44. The molecule has 6 nitrogen and oxygen atoms in total. The molecule has 3 heterocycles. The number of hydrogen-bond donors (Lipinski definition) is 1. The molecule has 0 spiro atoms. The van der Waals surface area contributed by atoms with Gasteiger partial charge in [0.25, 0.3) is 0 Å². The van der Waals surface area contributed by atoms with E-state index in [0.29, 0.717) is 35.8 Å². The predicted molar refractivity (Wildman–Crippen MR) is 73.6 cm³/mol. The first kappa shape index (κ1) is 13.3. The summed E-state index contributed by atoms with van der Waals surface area (Å²) >= 11 is 0. The molecule has 1 aliphatic rings. The lowest BCUT2D eigenvalue weighted by Crippen LogP contribution is -2.36. The summed E-state index contributed by atoms with van der Waals surface area (Å²) in [6.45, 7) is 4.26. The molecule has 0 bridgehead atoms. The number of aromatic nitrogens is 3. The minimum atomic E-state index is -3.51. The van der Waals surface area contributed by atoms with Crippen LogP contribution in [0, 0.1) is 13.8 Å². The lowest BCUT2D eigenvalue weighted by atomic mass is 10.1. The molecular formula is C13H16N4O2S. The maximum atomic E-state index is 12.7. The van der Waals surface area contributed by atoms with Crippen LogP contribution >= 0.6 is 0 Å². The van der Waals surface area contributed by atoms with E-state index in [4.69, 9.17) is 0 Å². The predicted octanol–water partition coefficient (Wildman–Crippen LogP) is 1.17. The lowest BCUT2D eigenvalue weighted by molar-refractivity contribution is 0.387. The van der Waals surface area contributed by atoms with Crippen LogP contribution < -0.4 is 0 Å². The van der Waals surface area contributed by atoms with Crippen LogP contribution in [0.15, 0.2) is 23.2 Å². The second-order valence-electron chi connectivity index (χ2n) is 4.96. The van der Waals surface area contributed by atoms with Crippen LogP contribution in [0.2, 0.25) is 0 Å². The zero-order valence-electron chi connectivity index (χ0n) is 11.4. The molecule has 0 radical (unpaired) electrons. The molecule has 1 N–H and O–H groups in total. The molecule has 0 atom stereocenters. The minimum absolute atomic E-state index is 0.296. The number of aryl methyl sites for hydroxylation is 2. The van der Waals surface area contributed by atoms with Crippen molar-refractivity contribution in [1.29, 1.82) is 0 Å². The third kappa shape index (κ3) is 2.03. The zero-order chi connectivity index (χ0) is 14.3. The Morgan fingerprint density at radius 3 is 2.85 bits per heavy atom. The number of hydrogen-bond acceptors (Lipinski definition) is 4. The standard InChI is InChI=1S/C13H16N4O2S/c1-9-13(10(2)16-15-9)20(18,19)17-7-5-12-11(8-17)4-3-6-14-12/h3-4,6H,5,7-8H2,1-2H3,(H,15,16). The van der Waals surface area contributed by atoms with Crippen molar-refractivity contribution in [3.05, 3.63) is 41.0 Å². The van der Waals surface area contributed by atoms with E-state index in [1.807, 2.05) is 12.1 Å². The molecule has 0 saturated heterocycles. The second-order valence-corrected chi connectivity index (χ2v) is 6.84. The van der Waals surface area contributed by atoms with Crippen molar-refractivity contribution in [3.63, 3.8) is 0 Å². The van der Waals surface area contributed by atoms with Crippen LogP contribution in [0.25, 0.3) is 0 Å². The third-order valence-corrected chi connectivity index (χ3v) is 5.70. The highest BCUT2D eigenvalue weighted by molar-refractivity contribution is 7.89. The summed E-state index contributed by atoms with van der Waals surface area (Å²) in [5.41, 5.74) is 3.06. The molecule has 2 aromatic heterocycles. The van der Waals surface area contributed by atoms with E-state index in [9.17, 15) is 8.42 Å². The average molecular weight is 292 g/mol. The van der Waals surface area contributed by atoms with Gasteiger partial charge in [-0.15, -0.1) is 0 Å². The Labute approximate surface area is 117 Å². The van der Waals surface area contributed by atoms with Crippen molar-refractivity contribution in [2.45, 2.75) is 31.7 Å². The molecule has 20 heavy (non-hydrogen) atoms. The van der Waals surface area contributed by atoms with Gasteiger partial charge in [0, 0.05) is 31.4 Å². The summed E-state index contributed by atoms with van der Waals surface area (Å²) in [5.74, 6) is 0. The van der Waals surface area contributed by atoms with E-state index in [0.717, 1.165) is 11.3 Å². The van der Waals surface area contributed by atoms with Crippen LogP contribution in [0.3, 0.4) is 0 Å². The molecule has 7 heteroatoms. The summed E-state index contributed by atoms with van der Waals surface area (Å²) in [6, 6.07) is 3.77. The van der Waals surface area contributed by atoms with Crippen molar-refractivity contribution in [3.8, 4) is 0 Å². The maximum Gasteiger partial charge on any atom is 0.247 e. The first-order chi connectivity index (χ1) is 9.50. The number of pyridine rings is 1. The molecule has 2 aromatic rings. The highest BCUT2D eigenvalue weighted by atomic mass is 32.2. The maximum absolute atomic E-state index is 12.7. The smallest absolute Gasteiger partial charge is 0.247 e. The van der Waals surface area contributed by atoms with E-state index >= 15 is 0 Å². The molecule has 0 aliphatic carbocycles. The topological polar surface area (TPSA) is 79.0 Å².